The van der Waals surface area contributed by atoms with Gasteiger partial charge in [0.25, 0.3) is 0 Å². The molecule has 0 heterocycles. The van der Waals surface area contributed by atoms with Crippen molar-refractivity contribution in [3.63, 3.8) is 0 Å². The Balaban J connectivity index is 2.85. The Hall–Kier alpha value is -1.51. The quantitative estimate of drug-likeness (QED) is 0.659. The molecule has 1 rings (SSSR count). The van der Waals surface area contributed by atoms with E-state index in [1.54, 1.807) is 0 Å². The smallest absolute Gasteiger partial charge is 0.399 e. The molecule has 0 aliphatic rings. The molecule has 3 nitrogen and oxygen atoms in total. The zero-order valence-electron chi connectivity index (χ0n) is 8.52. The van der Waals surface area contributed by atoms with Crippen LogP contribution >= 0.6 is 11.9 Å². The van der Waals surface area contributed by atoms with Crippen LogP contribution in [0.1, 0.15) is 10.4 Å². The van der Waals surface area contributed by atoms with Crippen LogP contribution in [0.25, 0.3) is 0 Å². The SMILES string of the molecule is O=C(O)c1c(F)ccc(NSCC(F)(F)F)c1F. The molecule has 0 unspecified atom stereocenters. The number of anilines is 1. The average Bonchev–Trinajstić information content (AvgIpc) is 2.19. The van der Waals surface area contributed by atoms with Crippen molar-refractivity contribution in [3.8, 4) is 0 Å². The summed E-state index contributed by atoms with van der Waals surface area (Å²) >= 11 is 0.123. The first-order valence-electron chi connectivity index (χ1n) is 4.38. The molecule has 0 aromatic heterocycles. The number of carboxylic acid groups (broad SMARTS) is 1. The number of nitrogens with one attached hydrogen (secondary N) is 1. The molecule has 100 valence electrons. The number of carbonyl (C=O) groups is 1. The summed E-state index contributed by atoms with van der Waals surface area (Å²) in [5, 5.41) is 8.53. The summed E-state index contributed by atoms with van der Waals surface area (Å²) < 4.78 is 63.8. The van der Waals surface area contributed by atoms with E-state index in [0.717, 1.165) is 6.07 Å². The first kappa shape index (κ1) is 14.6. The van der Waals surface area contributed by atoms with Crippen LogP contribution < -0.4 is 4.72 Å². The van der Waals surface area contributed by atoms with Gasteiger partial charge in [-0.05, 0) is 24.1 Å². The molecule has 0 fully saturated rings. The summed E-state index contributed by atoms with van der Waals surface area (Å²) in [4.78, 5) is 10.5. The number of aromatic carboxylic acids is 1. The molecule has 0 aliphatic carbocycles. The van der Waals surface area contributed by atoms with Crippen molar-refractivity contribution in [2.45, 2.75) is 6.18 Å². The Morgan fingerprint density at radius 1 is 1.33 bits per heavy atom. The van der Waals surface area contributed by atoms with Gasteiger partial charge in [0.2, 0.25) is 0 Å². The summed E-state index contributed by atoms with van der Waals surface area (Å²) in [6.45, 7) is 0. The maximum absolute atomic E-state index is 13.4. The third-order valence-electron chi connectivity index (χ3n) is 1.72. The fourth-order valence-electron chi connectivity index (χ4n) is 1.02. The second kappa shape index (κ2) is 5.42. The van der Waals surface area contributed by atoms with Crippen LogP contribution in [0, 0.1) is 11.6 Å². The van der Waals surface area contributed by atoms with Crippen LogP contribution in [0.5, 0.6) is 0 Å². The predicted molar refractivity (Wildman–Crippen MR) is 55.5 cm³/mol. The number of halogens is 5. The minimum atomic E-state index is -4.45. The Morgan fingerprint density at radius 3 is 2.44 bits per heavy atom. The predicted octanol–water partition coefficient (Wildman–Crippen LogP) is 3.29. The van der Waals surface area contributed by atoms with E-state index < -0.39 is 40.8 Å². The lowest BCUT2D eigenvalue weighted by atomic mass is 10.2. The highest BCUT2D eigenvalue weighted by atomic mass is 32.2. The van der Waals surface area contributed by atoms with Crippen LogP contribution in [0.3, 0.4) is 0 Å². The number of rotatable bonds is 4. The van der Waals surface area contributed by atoms with Crippen molar-refractivity contribution < 1.29 is 31.9 Å². The van der Waals surface area contributed by atoms with E-state index in [1.165, 1.54) is 0 Å². The molecule has 18 heavy (non-hydrogen) atoms. The molecule has 0 bridgehead atoms. The lowest BCUT2D eigenvalue weighted by Crippen LogP contribution is -2.13. The number of hydrogen-bond donors (Lipinski definition) is 2. The highest BCUT2D eigenvalue weighted by Gasteiger charge is 2.27. The van der Waals surface area contributed by atoms with Gasteiger partial charge in [-0.15, -0.1) is 0 Å². The zero-order chi connectivity index (χ0) is 13.9. The summed E-state index contributed by atoms with van der Waals surface area (Å²) in [6.07, 6.45) is -4.45. The van der Waals surface area contributed by atoms with Crippen LogP contribution in [-0.2, 0) is 0 Å². The van der Waals surface area contributed by atoms with Crippen molar-refractivity contribution >= 4 is 23.6 Å². The van der Waals surface area contributed by atoms with Gasteiger partial charge >= 0.3 is 12.1 Å². The summed E-state index contributed by atoms with van der Waals surface area (Å²) in [5.74, 6) is -5.88. The Morgan fingerprint density at radius 2 is 1.94 bits per heavy atom. The summed E-state index contributed by atoms with van der Waals surface area (Å²) in [7, 11) is 0. The van der Waals surface area contributed by atoms with Gasteiger partial charge in [0.05, 0.1) is 5.69 Å². The minimum Gasteiger partial charge on any atom is -0.477 e. The van der Waals surface area contributed by atoms with Gasteiger partial charge in [0, 0.05) is 0 Å². The second-order valence-electron chi connectivity index (χ2n) is 3.09. The third kappa shape index (κ3) is 3.76. The van der Waals surface area contributed by atoms with Gasteiger partial charge in [-0.1, -0.05) is 0 Å². The molecule has 0 saturated heterocycles. The van der Waals surface area contributed by atoms with Gasteiger partial charge in [0.15, 0.2) is 5.82 Å². The number of alkyl halides is 3. The monoisotopic (exact) mass is 287 g/mol. The molecule has 0 radical (unpaired) electrons. The molecule has 0 atom stereocenters. The lowest BCUT2D eigenvalue weighted by molar-refractivity contribution is -0.105. The first-order valence-corrected chi connectivity index (χ1v) is 5.37. The first-order chi connectivity index (χ1) is 8.22. The van der Waals surface area contributed by atoms with Crippen molar-refractivity contribution in [3.05, 3.63) is 29.3 Å². The molecule has 0 saturated carbocycles. The number of hydrogen-bond acceptors (Lipinski definition) is 3. The van der Waals surface area contributed by atoms with Crippen molar-refractivity contribution in [2.75, 3.05) is 10.5 Å². The fourth-order valence-corrected chi connectivity index (χ4v) is 1.57. The number of carboxylic acids is 1. The van der Waals surface area contributed by atoms with E-state index in [2.05, 4.69) is 0 Å². The van der Waals surface area contributed by atoms with Gasteiger partial charge in [-0.2, -0.15) is 13.2 Å². The zero-order valence-corrected chi connectivity index (χ0v) is 9.33. The van der Waals surface area contributed by atoms with Crippen LogP contribution in [-0.4, -0.2) is 23.0 Å². The molecule has 0 amide bonds. The minimum absolute atomic E-state index is 0.123. The van der Waals surface area contributed by atoms with Gasteiger partial charge < -0.3 is 9.83 Å². The third-order valence-corrected chi connectivity index (χ3v) is 2.56. The molecule has 0 aliphatic heterocycles. The van der Waals surface area contributed by atoms with Crippen LogP contribution in [0.15, 0.2) is 12.1 Å². The maximum Gasteiger partial charge on any atom is 0.399 e. The molecule has 2 N–H and O–H groups in total. The number of benzene rings is 1. The topological polar surface area (TPSA) is 49.3 Å². The molecule has 1 aromatic carbocycles. The maximum atomic E-state index is 13.4. The Bertz CT molecular complexity index is 463. The fraction of sp³-hybridized carbons (Fsp3) is 0.222. The van der Waals surface area contributed by atoms with Crippen LogP contribution in [0.2, 0.25) is 0 Å². The normalized spacial score (nSPS) is 11.4. The summed E-state index contributed by atoms with van der Waals surface area (Å²) in [5.41, 5.74) is -1.74. The standard InChI is InChI=1S/C9H6F5NO2S/c10-4-1-2-5(7(11)6(4)8(16)17)15-18-3-9(12,13)14/h1-2,15H,3H2,(H,16,17). The molecule has 1 aromatic rings. The van der Waals surface area contributed by atoms with Crippen molar-refractivity contribution in [1.82, 2.24) is 0 Å². The molecule has 9 heteroatoms. The second-order valence-corrected chi connectivity index (χ2v) is 3.88. The highest BCUT2D eigenvalue weighted by Crippen LogP contribution is 2.26. The molecule has 0 spiro atoms. The van der Waals surface area contributed by atoms with E-state index in [9.17, 15) is 26.7 Å². The van der Waals surface area contributed by atoms with Crippen molar-refractivity contribution in [1.29, 1.82) is 0 Å². The highest BCUT2D eigenvalue weighted by molar-refractivity contribution is 8.00. The molecular formula is C9H6F5NO2S. The largest absolute Gasteiger partial charge is 0.477 e. The van der Waals surface area contributed by atoms with E-state index >= 15 is 0 Å². The van der Waals surface area contributed by atoms with Crippen molar-refractivity contribution in [2.24, 2.45) is 0 Å². The Labute approximate surface area is 102 Å². The van der Waals surface area contributed by atoms with E-state index in [1.807, 2.05) is 4.72 Å². The Kier molecular flexibility index (Phi) is 4.38. The van der Waals surface area contributed by atoms with Gasteiger partial charge in [0.1, 0.15) is 17.1 Å². The molecular weight excluding hydrogens is 281 g/mol. The van der Waals surface area contributed by atoms with Gasteiger partial charge in [-0.3, -0.25) is 0 Å². The lowest BCUT2D eigenvalue weighted by Gasteiger charge is -2.10. The van der Waals surface area contributed by atoms with E-state index in [0.29, 0.717) is 6.07 Å². The van der Waals surface area contributed by atoms with Crippen LogP contribution in [0.4, 0.5) is 27.6 Å². The van der Waals surface area contributed by atoms with E-state index in [4.69, 9.17) is 5.11 Å². The van der Waals surface area contributed by atoms with Gasteiger partial charge in [-0.25, -0.2) is 13.6 Å². The average molecular weight is 287 g/mol. The summed E-state index contributed by atoms with van der Waals surface area (Å²) in [6, 6.07) is 1.48. The van der Waals surface area contributed by atoms with E-state index in [-0.39, 0.29) is 11.9 Å².